The number of H-pyrrole nitrogens is 1. The number of fused-ring (bicyclic) bond motifs is 1. The van der Waals surface area contributed by atoms with E-state index in [1.165, 1.54) is 7.05 Å². The number of hydrogen-bond acceptors (Lipinski definition) is 5. The van der Waals surface area contributed by atoms with Gasteiger partial charge in [0.25, 0.3) is 5.56 Å². The predicted molar refractivity (Wildman–Crippen MR) is 95.6 cm³/mol. The number of carbonyl (C=O) groups is 1. The van der Waals surface area contributed by atoms with Crippen LogP contribution in [0.4, 0.5) is 0 Å². The van der Waals surface area contributed by atoms with Gasteiger partial charge in [-0.25, -0.2) is 4.79 Å². The minimum absolute atomic E-state index is 0.146. The van der Waals surface area contributed by atoms with Gasteiger partial charge in [0.1, 0.15) is 5.60 Å². The lowest BCUT2D eigenvalue weighted by Gasteiger charge is -2.28. The summed E-state index contributed by atoms with van der Waals surface area (Å²) in [7, 11) is 1.50. The fraction of sp³-hybridized carbons (Fsp3) is 0.722. The third kappa shape index (κ3) is 5.56. The van der Waals surface area contributed by atoms with Gasteiger partial charge in [0.2, 0.25) is 0 Å². The third-order valence-corrected chi connectivity index (χ3v) is 4.32. The molecule has 25 heavy (non-hydrogen) atoms. The summed E-state index contributed by atoms with van der Waals surface area (Å²) >= 11 is 0. The monoisotopic (exact) mass is 351 g/mol. The summed E-state index contributed by atoms with van der Waals surface area (Å²) in [4.78, 5) is 40.5. The standard InChI is InChI=1S/C18H29N3O4/c1-18(2,3)25-15(22)8-6-5-7-10-21-11-9-14-13(12-21)16(23)20(4)17(24)19-14/h5-12H2,1-4H3,(H,19,24). The van der Waals surface area contributed by atoms with Crippen LogP contribution in [0.3, 0.4) is 0 Å². The van der Waals surface area contributed by atoms with E-state index in [0.717, 1.165) is 42.6 Å². The average molecular weight is 351 g/mol. The summed E-state index contributed by atoms with van der Waals surface area (Å²) in [5.74, 6) is -0.146. The number of esters is 1. The van der Waals surface area contributed by atoms with Crippen LogP contribution in [0.25, 0.3) is 0 Å². The van der Waals surface area contributed by atoms with Crippen LogP contribution >= 0.6 is 0 Å². The molecular weight excluding hydrogens is 322 g/mol. The van der Waals surface area contributed by atoms with Crippen molar-refractivity contribution in [2.75, 3.05) is 13.1 Å². The summed E-state index contributed by atoms with van der Waals surface area (Å²) in [5, 5.41) is 0. The molecule has 1 aliphatic heterocycles. The quantitative estimate of drug-likeness (QED) is 0.617. The first kappa shape index (κ1) is 19.4. The van der Waals surface area contributed by atoms with E-state index in [9.17, 15) is 14.4 Å². The Morgan fingerprint density at radius 2 is 1.92 bits per heavy atom. The zero-order chi connectivity index (χ0) is 18.6. The first-order valence-electron chi connectivity index (χ1n) is 8.92. The number of ether oxygens (including phenoxy) is 1. The van der Waals surface area contributed by atoms with Gasteiger partial charge in [0.05, 0.1) is 5.56 Å². The summed E-state index contributed by atoms with van der Waals surface area (Å²) < 4.78 is 6.42. The van der Waals surface area contributed by atoms with Crippen LogP contribution in [-0.4, -0.2) is 39.1 Å². The van der Waals surface area contributed by atoms with Gasteiger partial charge in [-0.15, -0.1) is 0 Å². The highest BCUT2D eigenvalue weighted by Crippen LogP contribution is 2.14. The summed E-state index contributed by atoms with van der Waals surface area (Å²) in [6.07, 6.45) is 3.88. The van der Waals surface area contributed by atoms with E-state index in [1.54, 1.807) is 0 Å². The molecule has 1 aromatic rings. The number of rotatable bonds is 6. The summed E-state index contributed by atoms with van der Waals surface area (Å²) in [6.45, 7) is 7.91. The minimum atomic E-state index is -0.425. The van der Waals surface area contributed by atoms with Gasteiger partial charge in [0.15, 0.2) is 0 Å². The van der Waals surface area contributed by atoms with E-state index in [0.29, 0.717) is 24.9 Å². The van der Waals surface area contributed by atoms with Crippen LogP contribution in [0.5, 0.6) is 0 Å². The number of carbonyl (C=O) groups excluding carboxylic acids is 1. The van der Waals surface area contributed by atoms with Crippen molar-refractivity contribution >= 4 is 5.97 Å². The normalized spacial score (nSPS) is 15.0. The number of unbranched alkanes of at least 4 members (excludes halogenated alkanes) is 2. The van der Waals surface area contributed by atoms with Gasteiger partial charge in [0, 0.05) is 38.7 Å². The smallest absolute Gasteiger partial charge is 0.328 e. The number of aromatic nitrogens is 2. The van der Waals surface area contributed by atoms with Gasteiger partial charge >= 0.3 is 11.7 Å². The molecule has 0 aliphatic carbocycles. The molecule has 140 valence electrons. The maximum atomic E-state index is 12.2. The molecule has 7 heteroatoms. The largest absolute Gasteiger partial charge is 0.460 e. The highest BCUT2D eigenvalue weighted by molar-refractivity contribution is 5.69. The zero-order valence-electron chi connectivity index (χ0n) is 15.7. The number of aromatic amines is 1. The molecule has 0 spiro atoms. The lowest BCUT2D eigenvalue weighted by atomic mass is 10.1. The van der Waals surface area contributed by atoms with Crippen molar-refractivity contribution in [2.24, 2.45) is 7.05 Å². The lowest BCUT2D eigenvalue weighted by molar-refractivity contribution is -0.154. The Labute approximate surface area is 148 Å². The maximum Gasteiger partial charge on any atom is 0.328 e. The Kier molecular flexibility index (Phi) is 6.21. The van der Waals surface area contributed by atoms with Crippen molar-refractivity contribution in [3.63, 3.8) is 0 Å². The SMILES string of the molecule is Cn1c(=O)[nH]c2c(c1=O)CN(CCCCCC(=O)OC(C)(C)C)CC2. The molecule has 2 rings (SSSR count). The molecule has 0 fully saturated rings. The fourth-order valence-electron chi connectivity index (χ4n) is 3.03. The summed E-state index contributed by atoms with van der Waals surface area (Å²) in [6, 6.07) is 0. The second-order valence-corrected chi connectivity index (χ2v) is 7.67. The molecular formula is C18H29N3O4. The second-order valence-electron chi connectivity index (χ2n) is 7.67. The maximum absolute atomic E-state index is 12.2. The Bertz CT molecular complexity index is 727. The average Bonchev–Trinajstić information content (AvgIpc) is 2.51. The van der Waals surface area contributed by atoms with Crippen LogP contribution in [-0.2, 0) is 29.5 Å². The fourth-order valence-corrected chi connectivity index (χ4v) is 3.03. The van der Waals surface area contributed by atoms with E-state index in [1.807, 2.05) is 20.8 Å². The molecule has 0 bridgehead atoms. The van der Waals surface area contributed by atoms with Crippen molar-refractivity contribution in [1.82, 2.24) is 14.5 Å². The molecule has 0 atom stereocenters. The van der Waals surface area contributed by atoms with Gasteiger partial charge in [-0.2, -0.15) is 0 Å². The highest BCUT2D eigenvalue weighted by Gasteiger charge is 2.21. The van der Waals surface area contributed by atoms with Gasteiger partial charge in [-0.3, -0.25) is 19.1 Å². The van der Waals surface area contributed by atoms with Crippen molar-refractivity contribution in [3.05, 3.63) is 32.1 Å². The molecule has 0 unspecified atom stereocenters. The Hall–Kier alpha value is -1.89. The molecule has 7 nitrogen and oxygen atoms in total. The molecule has 1 aliphatic rings. The van der Waals surface area contributed by atoms with E-state index in [4.69, 9.17) is 4.74 Å². The Morgan fingerprint density at radius 3 is 2.60 bits per heavy atom. The molecule has 0 amide bonds. The second kappa shape index (κ2) is 7.99. The number of nitrogens with zero attached hydrogens (tertiary/aromatic N) is 2. The molecule has 2 heterocycles. The molecule has 0 radical (unpaired) electrons. The minimum Gasteiger partial charge on any atom is -0.460 e. The lowest BCUT2D eigenvalue weighted by Crippen LogP contribution is -2.42. The molecule has 0 aromatic carbocycles. The molecule has 1 aromatic heterocycles. The van der Waals surface area contributed by atoms with Crippen LogP contribution in [0.15, 0.2) is 9.59 Å². The van der Waals surface area contributed by atoms with Crippen LogP contribution < -0.4 is 11.2 Å². The van der Waals surface area contributed by atoms with Crippen LogP contribution in [0.1, 0.15) is 57.7 Å². The Morgan fingerprint density at radius 1 is 1.20 bits per heavy atom. The van der Waals surface area contributed by atoms with Crippen LogP contribution in [0, 0.1) is 0 Å². The first-order valence-corrected chi connectivity index (χ1v) is 8.92. The number of nitrogens with one attached hydrogen (secondary N) is 1. The topological polar surface area (TPSA) is 84.4 Å². The van der Waals surface area contributed by atoms with E-state index in [2.05, 4.69) is 9.88 Å². The third-order valence-electron chi connectivity index (χ3n) is 4.32. The predicted octanol–water partition coefficient (Wildman–Crippen LogP) is 1.33. The van der Waals surface area contributed by atoms with Crippen LogP contribution in [0.2, 0.25) is 0 Å². The highest BCUT2D eigenvalue weighted by atomic mass is 16.6. The van der Waals surface area contributed by atoms with Crippen molar-refractivity contribution < 1.29 is 9.53 Å². The molecule has 0 saturated carbocycles. The summed E-state index contributed by atoms with van der Waals surface area (Å²) in [5.41, 5.74) is 0.495. The van der Waals surface area contributed by atoms with E-state index < -0.39 is 5.60 Å². The van der Waals surface area contributed by atoms with Gasteiger partial charge < -0.3 is 9.72 Å². The zero-order valence-corrected chi connectivity index (χ0v) is 15.7. The molecule has 0 saturated heterocycles. The molecule has 1 N–H and O–H groups in total. The van der Waals surface area contributed by atoms with Crippen molar-refractivity contribution in [3.8, 4) is 0 Å². The van der Waals surface area contributed by atoms with E-state index >= 15 is 0 Å². The van der Waals surface area contributed by atoms with Crippen molar-refractivity contribution in [1.29, 1.82) is 0 Å². The van der Waals surface area contributed by atoms with Crippen molar-refractivity contribution in [2.45, 2.75) is 65.0 Å². The van der Waals surface area contributed by atoms with Gasteiger partial charge in [-0.1, -0.05) is 6.42 Å². The number of hydrogen-bond donors (Lipinski definition) is 1. The Balaban J connectivity index is 1.75. The van der Waals surface area contributed by atoms with Gasteiger partial charge in [-0.05, 0) is 40.2 Å². The first-order chi connectivity index (χ1) is 11.7. The van der Waals surface area contributed by atoms with E-state index in [-0.39, 0.29) is 17.2 Å².